The number of likely N-dealkylation sites (tertiary alicyclic amines) is 1. The first-order valence-electron chi connectivity index (χ1n) is 10.6. The lowest BCUT2D eigenvalue weighted by atomic mass is 9.97. The number of anilines is 1. The number of hydrogen-bond acceptors (Lipinski definition) is 3. The lowest BCUT2D eigenvalue weighted by Crippen LogP contribution is -2.47. The van der Waals surface area contributed by atoms with Crippen LogP contribution in [0.1, 0.15) is 41.7 Å². The van der Waals surface area contributed by atoms with Crippen LogP contribution < -0.4 is 10.6 Å². The van der Waals surface area contributed by atoms with E-state index in [1.54, 1.807) is 43.3 Å². The summed E-state index contributed by atoms with van der Waals surface area (Å²) in [6.45, 7) is 2.95. The van der Waals surface area contributed by atoms with Crippen LogP contribution in [0.2, 0.25) is 0 Å². The standard InChI is InChI=1S/C24H30N4O3/c1-17(18-10-5-4-6-11-18)25-23(30)20-13-7-8-14-21(20)26-22(29)19-12-9-15-28(16-19)24(31)27(2)3/h4-8,10-11,13-14,17,19H,9,12,15-16H2,1-3H3,(H,25,30)(H,26,29)/t17-,19-/m1/s1. The van der Waals surface area contributed by atoms with E-state index in [1.807, 2.05) is 37.3 Å². The molecule has 2 aromatic rings. The average molecular weight is 423 g/mol. The van der Waals surface area contributed by atoms with Gasteiger partial charge < -0.3 is 20.4 Å². The Kier molecular flexibility index (Phi) is 7.28. The molecule has 0 saturated carbocycles. The Balaban J connectivity index is 1.68. The third-order valence-electron chi connectivity index (χ3n) is 5.52. The second-order valence-corrected chi connectivity index (χ2v) is 8.10. The third-order valence-corrected chi connectivity index (χ3v) is 5.52. The first kappa shape index (κ1) is 22.3. The van der Waals surface area contributed by atoms with Crippen molar-refractivity contribution < 1.29 is 14.4 Å². The van der Waals surface area contributed by atoms with Gasteiger partial charge in [0.2, 0.25) is 5.91 Å². The Morgan fingerprint density at radius 1 is 1.03 bits per heavy atom. The predicted octanol–water partition coefficient (Wildman–Crippen LogP) is 3.51. The number of amides is 4. The van der Waals surface area contributed by atoms with Crippen molar-refractivity contribution in [2.45, 2.75) is 25.8 Å². The number of rotatable bonds is 5. The van der Waals surface area contributed by atoms with Crippen LogP contribution in [0, 0.1) is 5.92 Å². The molecule has 7 heteroatoms. The molecule has 164 valence electrons. The Morgan fingerprint density at radius 2 is 1.71 bits per heavy atom. The Bertz CT molecular complexity index is 929. The van der Waals surface area contributed by atoms with Gasteiger partial charge in [0, 0.05) is 27.2 Å². The number of piperidine rings is 1. The molecule has 1 saturated heterocycles. The van der Waals surface area contributed by atoms with Crippen LogP contribution in [0.15, 0.2) is 54.6 Å². The summed E-state index contributed by atoms with van der Waals surface area (Å²) >= 11 is 0. The molecule has 4 amide bonds. The molecule has 3 rings (SSSR count). The number of carbonyl (C=O) groups excluding carboxylic acids is 3. The van der Waals surface area contributed by atoms with Crippen molar-refractivity contribution in [1.82, 2.24) is 15.1 Å². The van der Waals surface area contributed by atoms with Gasteiger partial charge in [-0.2, -0.15) is 0 Å². The molecule has 2 N–H and O–H groups in total. The van der Waals surface area contributed by atoms with Crippen LogP contribution in [0.3, 0.4) is 0 Å². The van der Waals surface area contributed by atoms with E-state index in [0.717, 1.165) is 12.0 Å². The van der Waals surface area contributed by atoms with Crippen LogP contribution in [0.5, 0.6) is 0 Å². The molecule has 0 radical (unpaired) electrons. The zero-order chi connectivity index (χ0) is 22.4. The third kappa shape index (κ3) is 5.63. The second kappa shape index (κ2) is 10.1. The summed E-state index contributed by atoms with van der Waals surface area (Å²) in [6.07, 6.45) is 1.48. The van der Waals surface area contributed by atoms with Gasteiger partial charge in [-0.3, -0.25) is 9.59 Å². The van der Waals surface area contributed by atoms with Crippen LogP contribution in [0.4, 0.5) is 10.5 Å². The van der Waals surface area contributed by atoms with Crippen molar-refractivity contribution in [2.75, 3.05) is 32.5 Å². The van der Waals surface area contributed by atoms with Gasteiger partial charge in [0.25, 0.3) is 5.91 Å². The summed E-state index contributed by atoms with van der Waals surface area (Å²) in [5.41, 5.74) is 1.89. The second-order valence-electron chi connectivity index (χ2n) is 8.10. The summed E-state index contributed by atoms with van der Waals surface area (Å²) < 4.78 is 0. The first-order valence-corrected chi connectivity index (χ1v) is 10.6. The van der Waals surface area contributed by atoms with E-state index in [2.05, 4.69) is 10.6 Å². The zero-order valence-electron chi connectivity index (χ0n) is 18.3. The molecule has 2 aromatic carbocycles. The van der Waals surface area contributed by atoms with E-state index < -0.39 is 0 Å². The molecule has 1 aliphatic heterocycles. The van der Waals surface area contributed by atoms with Gasteiger partial charge in [-0.1, -0.05) is 42.5 Å². The summed E-state index contributed by atoms with van der Waals surface area (Å²) in [7, 11) is 3.41. The van der Waals surface area contributed by atoms with Gasteiger partial charge in [-0.05, 0) is 37.5 Å². The normalized spacial score (nSPS) is 16.9. The molecule has 0 bridgehead atoms. The fourth-order valence-corrected chi connectivity index (χ4v) is 3.77. The molecule has 0 aliphatic carbocycles. The Labute approximate surface area is 183 Å². The predicted molar refractivity (Wildman–Crippen MR) is 121 cm³/mol. The molecule has 0 spiro atoms. The van der Waals surface area contributed by atoms with E-state index in [-0.39, 0.29) is 29.8 Å². The number of hydrogen-bond donors (Lipinski definition) is 2. The summed E-state index contributed by atoms with van der Waals surface area (Å²) in [5, 5.41) is 5.90. The number of nitrogens with zero attached hydrogens (tertiary/aromatic N) is 2. The number of nitrogens with one attached hydrogen (secondary N) is 2. The molecular formula is C24H30N4O3. The van der Waals surface area contributed by atoms with Crippen molar-refractivity contribution in [2.24, 2.45) is 5.92 Å². The fourth-order valence-electron chi connectivity index (χ4n) is 3.77. The maximum absolute atomic E-state index is 12.9. The Morgan fingerprint density at radius 3 is 2.42 bits per heavy atom. The maximum atomic E-state index is 12.9. The van der Waals surface area contributed by atoms with E-state index in [1.165, 1.54) is 4.90 Å². The Hall–Kier alpha value is -3.35. The van der Waals surface area contributed by atoms with E-state index in [4.69, 9.17) is 0 Å². The van der Waals surface area contributed by atoms with E-state index >= 15 is 0 Å². The van der Waals surface area contributed by atoms with Crippen LogP contribution in [-0.4, -0.2) is 54.8 Å². The highest BCUT2D eigenvalue weighted by Gasteiger charge is 2.29. The maximum Gasteiger partial charge on any atom is 0.319 e. The lowest BCUT2D eigenvalue weighted by molar-refractivity contribution is -0.121. The quantitative estimate of drug-likeness (QED) is 0.774. The van der Waals surface area contributed by atoms with Gasteiger partial charge >= 0.3 is 6.03 Å². The monoisotopic (exact) mass is 422 g/mol. The minimum absolute atomic E-state index is 0.0906. The average Bonchev–Trinajstić information content (AvgIpc) is 2.79. The van der Waals surface area contributed by atoms with Crippen LogP contribution in [0.25, 0.3) is 0 Å². The molecule has 1 aliphatic rings. The number of benzene rings is 2. The van der Waals surface area contributed by atoms with E-state index in [0.29, 0.717) is 30.8 Å². The van der Waals surface area contributed by atoms with E-state index in [9.17, 15) is 14.4 Å². The summed E-state index contributed by atoms with van der Waals surface area (Å²) in [5.74, 6) is -0.732. The van der Waals surface area contributed by atoms with Crippen molar-refractivity contribution in [1.29, 1.82) is 0 Å². The number of carbonyl (C=O) groups is 3. The number of urea groups is 1. The number of para-hydroxylation sites is 1. The molecule has 31 heavy (non-hydrogen) atoms. The largest absolute Gasteiger partial charge is 0.345 e. The lowest BCUT2D eigenvalue weighted by Gasteiger charge is -2.33. The SMILES string of the molecule is C[C@@H](NC(=O)c1ccccc1NC(=O)[C@@H]1CCCN(C(=O)N(C)C)C1)c1ccccc1. The molecule has 0 unspecified atom stereocenters. The molecular weight excluding hydrogens is 392 g/mol. The molecule has 0 aromatic heterocycles. The van der Waals surface area contributed by atoms with Crippen molar-refractivity contribution in [3.63, 3.8) is 0 Å². The molecule has 1 heterocycles. The van der Waals surface area contributed by atoms with Gasteiger partial charge in [-0.25, -0.2) is 4.79 Å². The van der Waals surface area contributed by atoms with Gasteiger partial charge in [-0.15, -0.1) is 0 Å². The van der Waals surface area contributed by atoms with Crippen molar-refractivity contribution >= 4 is 23.5 Å². The molecule has 7 nitrogen and oxygen atoms in total. The minimum atomic E-state index is -0.308. The van der Waals surface area contributed by atoms with Crippen molar-refractivity contribution in [3.8, 4) is 0 Å². The topological polar surface area (TPSA) is 81.8 Å². The van der Waals surface area contributed by atoms with Crippen LogP contribution in [-0.2, 0) is 4.79 Å². The van der Waals surface area contributed by atoms with Gasteiger partial charge in [0.05, 0.1) is 23.2 Å². The minimum Gasteiger partial charge on any atom is -0.345 e. The highest BCUT2D eigenvalue weighted by atomic mass is 16.2. The van der Waals surface area contributed by atoms with Gasteiger partial charge in [0.15, 0.2) is 0 Å². The highest BCUT2D eigenvalue weighted by Crippen LogP contribution is 2.22. The smallest absolute Gasteiger partial charge is 0.319 e. The molecule has 2 atom stereocenters. The van der Waals surface area contributed by atoms with Crippen LogP contribution >= 0.6 is 0 Å². The molecule has 1 fully saturated rings. The summed E-state index contributed by atoms with van der Waals surface area (Å²) in [4.78, 5) is 41.3. The highest BCUT2D eigenvalue weighted by molar-refractivity contribution is 6.04. The zero-order valence-corrected chi connectivity index (χ0v) is 18.3. The van der Waals surface area contributed by atoms with Crippen molar-refractivity contribution in [3.05, 3.63) is 65.7 Å². The fraction of sp³-hybridized carbons (Fsp3) is 0.375. The van der Waals surface area contributed by atoms with Gasteiger partial charge in [0.1, 0.15) is 0 Å². The summed E-state index contributed by atoms with van der Waals surface area (Å²) in [6, 6.07) is 16.4. The first-order chi connectivity index (χ1) is 14.9.